The van der Waals surface area contributed by atoms with E-state index in [2.05, 4.69) is 5.43 Å². The van der Waals surface area contributed by atoms with Gasteiger partial charge in [-0.15, -0.1) is 0 Å². The van der Waals surface area contributed by atoms with E-state index in [-0.39, 0.29) is 17.9 Å². The standard InChI is InChI=1S/C29H36N4O2S/c1-20-18-23(21(2)33(20)31-27(34)22-12-6-3-7-13-22)19-26-28(35)32(25-16-10-5-11-17-25)29(36-26)30-24-14-8-4-9-15-24/h3,6-7,12-13,18-19,24-25H,4-5,8-11,14-17H2,1-2H3,(H,31,34)/b26-19-,30-29?. The van der Waals surface area contributed by atoms with Gasteiger partial charge in [-0.2, -0.15) is 0 Å². The summed E-state index contributed by atoms with van der Waals surface area (Å²) in [6, 6.07) is 11.8. The van der Waals surface area contributed by atoms with Crippen LogP contribution in [0.3, 0.4) is 0 Å². The quantitative estimate of drug-likeness (QED) is 0.477. The van der Waals surface area contributed by atoms with Gasteiger partial charge in [-0.25, -0.2) is 0 Å². The molecular formula is C29H36N4O2S. The molecular weight excluding hydrogens is 468 g/mol. The van der Waals surface area contributed by atoms with E-state index in [1.54, 1.807) is 12.1 Å². The Kier molecular flexibility index (Phi) is 7.65. The Morgan fingerprint density at radius 1 is 1.00 bits per heavy atom. The number of aliphatic imine (C=N–C) groups is 1. The van der Waals surface area contributed by atoms with Crippen molar-refractivity contribution >= 4 is 34.8 Å². The van der Waals surface area contributed by atoms with Crippen LogP contribution in [0, 0.1) is 13.8 Å². The van der Waals surface area contributed by atoms with Gasteiger partial charge < -0.3 is 0 Å². The molecule has 2 aromatic rings. The Hall–Kier alpha value is -2.80. The minimum Gasteiger partial charge on any atom is -0.284 e. The van der Waals surface area contributed by atoms with Gasteiger partial charge >= 0.3 is 0 Å². The van der Waals surface area contributed by atoms with Gasteiger partial charge in [0.25, 0.3) is 11.8 Å². The average Bonchev–Trinajstić information content (AvgIpc) is 3.35. The Labute approximate surface area is 218 Å². The average molecular weight is 505 g/mol. The number of nitrogens with zero attached hydrogens (tertiary/aromatic N) is 3. The molecule has 1 aromatic heterocycles. The summed E-state index contributed by atoms with van der Waals surface area (Å²) in [4.78, 5) is 34.3. The van der Waals surface area contributed by atoms with Crippen LogP contribution in [0.15, 0.2) is 46.3 Å². The molecule has 36 heavy (non-hydrogen) atoms. The normalized spacial score (nSPS) is 22.1. The van der Waals surface area contributed by atoms with Crippen LogP contribution in [-0.4, -0.2) is 38.6 Å². The molecule has 6 nitrogen and oxygen atoms in total. The third kappa shape index (κ3) is 5.31. The fraction of sp³-hybridized carbons (Fsp3) is 0.483. The minimum absolute atomic E-state index is 0.0829. The van der Waals surface area contributed by atoms with Gasteiger partial charge in [-0.3, -0.25) is 29.6 Å². The van der Waals surface area contributed by atoms with Crippen LogP contribution < -0.4 is 5.43 Å². The zero-order valence-electron chi connectivity index (χ0n) is 21.3. The van der Waals surface area contributed by atoms with Gasteiger partial charge in [0.1, 0.15) is 0 Å². The van der Waals surface area contributed by atoms with E-state index < -0.39 is 0 Å². The van der Waals surface area contributed by atoms with Crippen molar-refractivity contribution in [2.24, 2.45) is 4.99 Å². The van der Waals surface area contributed by atoms with Crippen molar-refractivity contribution in [3.63, 3.8) is 0 Å². The highest BCUT2D eigenvalue weighted by Crippen LogP contribution is 2.39. The summed E-state index contributed by atoms with van der Waals surface area (Å²) in [7, 11) is 0. The number of carbonyl (C=O) groups excluding carboxylic acids is 2. The molecule has 0 atom stereocenters. The fourth-order valence-corrected chi connectivity index (χ4v) is 6.71. The highest BCUT2D eigenvalue weighted by atomic mass is 32.2. The second-order valence-electron chi connectivity index (χ2n) is 10.2. The lowest BCUT2D eigenvalue weighted by molar-refractivity contribution is -0.124. The molecule has 5 rings (SSSR count). The van der Waals surface area contributed by atoms with E-state index in [9.17, 15) is 9.59 Å². The molecule has 2 aliphatic carbocycles. The summed E-state index contributed by atoms with van der Waals surface area (Å²) in [5.74, 6) is -0.0760. The maximum absolute atomic E-state index is 13.7. The Morgan fingerprint density at radius 3 is 2.36 bits per heavy atom. The molecule has 3 fully saturated rings. The lowest BCUT2D eigenvalue weighted by atomic mass is 9.94. The topological polar surface area (TPSA) is 66.7 Å². The Bertz CT molecular complexity index is 1170. The minimum atomic E-state index is -0.159. The number of hydrogen-bond acceptors (Lipinski definition) is 4. The molecule has 2 amide bonds. The summed E-state index contributed by atoms with van der Waals surface area (Å²) in [5, 5.41) is 0.899. The molecule has 0 bridgehead atoms. The first-order valence-electron chi connectivity index (χ1n) is 13.4. The van der Waals surface area contributed by atoms with Crippen molar-refractivity contribution < 1.29 is 9.59 Å². The van der Waals surface area contributed by atoms with E-state index in [0.717, 1.165) is 52.7 Å². The summed E-state index contributed by atoms with van der Waals surface area (Å²) in [6.45, 7) is 3.94. The number of aromatic nitrogens is 1. The van der Waals surface area contributed by atoms with Crippen LogP contribution in [-0.2, 0) is 4.79 Å². The molecule has 0 radical (unpaired) electrons. The van der Waals surface area contributed by atoms with Crippen LogP contribution in [0.25, 0.3) is 6.08 Å². The number of amides is 2. The number of thioether (sulfide) groups is 1. The molecule has 1 aliphatic heterocycles. The van der Waals surface area contributed by atoms with Crippen molar-refractivity contribution in [3.8, 4) is 0 Å². The van der Waals surface area contributed by atoms with Crippen LogP contribution >= 0.6 is 11.8 Å². The maximum Gasteiger partial charge on any atom is 0.270 e. The van der Waals surface area contributed by atoms with Crippen molar-refractivity contribution in [1.82, 2.24) is 9.58 Å². The molecule has 3 aliphatic rings. The van der Waals surface area contributed by atoms with Crippen molar-refractivity contribution in [2.45, 2.75) is 90.1 Å². The first-order chi connectivity index (χ1) is 17.5. The number of carbonyl (C=O) groups is 2. The summed E-state index contributed by atoms with van der Waals surface area (Å²) < 4.78 is 1.81. The van der Waals surface area contributed by atoms with Crippen molar-refractivity contribution in [3.05, 3.63) is 63.8 Å². The summed E-state index contributed by atoms with van der Waals surface area (Å²) in [6.07, 6.45) is 13.7. The zero-order valence-corrected chi connectivity index (χ0v) is 22.2. The second-order valence-corrected chi connectivity index (χ2v) is 11.3. The first kappa shape index (κ1) is 24.9. The van der Waals surface area contributed by atoms with Crippen molar-refractivity contribution in [2.75, 3.05) is 5.43 Å². The lowest BCUT2D eigenvalue weighted by Gasteiger charge is -2.31. The molecule has 2 saturated carbocycles. The van der Waals surface area contributed by atoms with Gasteiger partial charge in [0.2, 0.25) is 0 Å². The number of rotatable bonds is 5. The van der Waals surface area contributed by atoms with Crippen LogP contribution in [0.1, 0.15) is 91.5 Å². The van der Waals surface area contributed by atoms with Crippen molar-refractivity contribution in [1.29, 1.82) is 0 Å². The largest absolute Gasteiger partial charge is 0.284 e. The predicted molar refractivity (Wildman–Crippen MR) is 148 cm³/mol. The summed E-state index contributed by atoms with van der Waals surface area (Å²) in [5.41, 5.74) is 6.37. The molecule has 0 unspecified atom stereocenters. The van der Waals surface area contributed by atoms with Gasteiger partial charge in [0.05, 0.1) is 10.9 Å². The van der Waals surface area contributed by atoms with Gasteiger partial charge in [-0.05, 0) is 81.1 Å². The van der Waals surface area contributed by atoms with E-state index in [4.69, 9.17) is 4.99 Å². The molecule has 2 heterocycles. The molecule has 0 spiro atoms. The van der Waals surface area contributed by atoms with E-state index in [1.165, 1.54) is 50.3 Å². The summed E-state index contributed by atoms with van der Waals surface area (Å²) >= 11 is 1.53. The second kappa shape index (κ2) is 11.1. The molecule has 7 heteroatoms. The van der Waals surface area contributed by atoms with Crippen LogP contribution in [0.2, 0.25) is 0 Å². The lowest BCUT2D eigenvalue weighted by Crippen LogP contribution is -2.41. The highest BCUT2D eigenvalue weighted by molar-refractivity contribution is 8.18. The number of benzene rings is 1. The molecule has 1 saturated heterocycles. The predicted octanol–water partition coefficient (Wildman–Crippen LogP) is 6.43. The monoisotopic (exact) mass is 504 g/mol. The fourth-order valence-electron chi connectivity index (χ4n) is 5.61. The zero-order chi connectivity index (χ0) is 25.1. The third-order valence-corrected chi connectivity index (χ3v) is 8.65. The van der Waals surface area contributed by atoms with Gasteiger partial charge in [0, 0.05) is 23.0 Å². The van der Waals surface area contributed by atoms with E-state index >= 15 is 0 Å². The third-order valence-electron chi connectivity index (χ3n) is 7.65. The van der Waals surface area contributed by atoms with Crippen LogP contribution in [0.4, 0.5) is 0 Å². The smallest absolute Gasteiger partial charge is 0.270 e. The molecule has 190 valence electrons. The number of aryl methyl sites for hydroxylation is 1. The Balaban J connectivity index is 1.41. The first-order valence-corrected chi connectivity index (χ1v) is 14.2. The SMILES string of the molecule is Cc1cc(/C=C2\SC(=NC3CCCCC3)N(C3CCCCC3)C2=O)c(C)n1NC(=O)c1ccccc1. The molecule has 1 aromatic carbocycles. The number of nitrogens with one attached hydrogen (secondary N) is 1. The number of amidine groups is 1. The highest BCUT2D eigenvalue weighted by Gasteiger charge is 2.39. The number of hydrogen-bond donors (Lipinski definition) is 1. The van der Waals surface area contributed by atoms with Crippen LogP contribution in [0.5, 0.6) is 0 Å². The van der Waals surface area contributed by atoms with E-state index in [1.807, 2.05) is 53.8 Å². The van der Waals surface area contributed by atoms with Gasteiger partial charge in [-0.1, -0.05) is 56.7 Å². The maximum atomic E-state index is 13.7. The van der Waals surface area contributed by atoms with E-state index in [0.29, 0.717) is 11.6 Å². The Morgan fingerprint density at radius 2 is 1.67 bits per heavy atom. The van der Waals surface area contributed by atoms with Gasteiger partial charge in [0.15, 0.2) is 5.17 Å². The molecule has 1 N–H and O–H groups in total.